The van der Waals surface area contributed by atoms with Crippen LogP contribution in [0.3, 0.4) is 0 Å². The Morgan fingerprint density at radius 3 is 2.39 bits per heavy atom. The Morgan fingerprint density at radius 1 is 1.05 bits per heavy atom. The number of methoxy groups -OCH3 is 3. The van der Waals surface area contributed by atoms with E-state index in [-0.39, 0.29) is 17.7 Å². The summed E-state index contributed by atoms with van der Waals surface area (Å²) in [7, 11) is 4.61. The Bertz CT molecular complexity index is 1510. The van der Waals surface area contributed by atoms with Crippen LogP contribution in [0.5, 0.6) is 17.2 Å². The number of rotatable bonds is 7. The maximum Gasteiger partial charge on any atom is 0.431 e. The van der Waals surface area contributed by atoms with Gasteiger partial charge in [-0.15, -0.1) is 11.6 Å². The number of hydroxylamine groups is 1. The molecule has 1 aliphatic heterocycles. The zero-order valence-corrected chi connectivity index (χ0v) is 24.6. The predicted molar refractivity (Wildman–Crippen MR) is 154 cm³/mol. The van der Waals surface area contributed by atoms with Crippen LogP contribution in [0.2, 0.25) is 0 Å². The number of fused-ring (bicyclic) bond motifs is 4. The third-order valence-corrected chi connectivity index (χ3v) is 7.64. The number of benzene rings is 2. The predicted octanol–water partition coefficient (Wildman–Crippen LogP) is 5.68. The number of likely N-dealkylation sites (tertiary alicyclic amines) is 1. The number of carbonyl (C=O) groups is 2. The number of hydrogen-bond acceptors (Lipinski definition) is 7. The Balaban J connectivity index is 1.51. The van der Waals surface area contributed by atoms with Gasteiger partial charge in [-0.05, 0) is 50.1 Å². The van der Waals surface area contributed by atoms with Gasteiger partial charge in [-0.2, -0.15) is 5.48 Å². The fourth-order valence-corrected chi connectivity index (χ4v) is 5.89. The van der Waals surface area contributed by atoms with Crippen LogP contribution >= 0.6 is 11.6 Å². The van der Waals surface area contributed by atoms with Crippen LogP contribution < -0.4 is 19.7 Å². The van der Waals surface area contributed by atoms with Crippen molar-refractivity contribution in [2.24, 2.45) is 5.92 Å². The van der Waals surface area contributed by atoms with Crippen molar-refractivity contribution >= 4 is 34.5 Å². The molecule has 0 radical (unpaired) electrons. The van der Waals surface area contributed by atoms with Gasteiger partial charge in [-0.3, -0.25) is 9.63 Å². The molecule has 2 aliphatic rings. The van der Waals surface area contributed by atoms with Crippen molar-refractivity contribution in [2.45, 2.75) is 38.4 Å². The van der Waals surface area contributed by atoms with Gasteiger partial charge in [0.2, 0.25) is 5.75 Å². The molecule has 10 nitrogen and oxygen atoms in total. The summed E-state index contributed by atoms with van der Waals surface area (Å²) in [5.74, 6) is 1.34. The largest absolute Gasteiger partial charge is 0.493 e. The Kier molecular flexibility index (Phi) is 7.80. The van der Waals surface area contributed by atoms with E-state index in [0.29, 0.717) is 40.9 Å². The standard InChI is InChI=1S/C30H34ClN3O7/c1-30(2,3)40-29(36)33-41-22-13-21-24(19-10-8-7-9-18(19)22)17(14-31)15-34(21)28(35)20-11-16-12-23(37-4)26(38-5)27(39-6)25(16)32-20/h7-13,17,22,24,32H,14-15H2,1-6H3,(H,33,36)/t17-,22?,24?/m1/s1. The Morgan fingerprint density at radius 2 is 1.76 bits per heavy atom. The molecule has 41 heavy (non-hydrogen) atoms. The fraction of sp³-hybridized carbons (Fsp3) is 0.400. The molecule has 218 valence electrons. The van der Waals surface area contributed by atoms with E-state index >= 15 is 0 Å². The molecule has 2 heterocycles. The number of allylic oxidation sites excluding steroid dienone is 1. The molecule has 1 fully saturated rings. The van der Waals surface area contributed by atoms with E-state index in [0.717, 1.165) is 22.2 Å². The third kappa shape index (κ3) is 5.29. The van der Waals surface area contributed by atoms with Crippen molar-refractivity contribution in [1.82, 2.24) is 15.4 Å². The van der Waals surface area contributed by atoms with Crippen LogP contribution in [0.4, 0.5) is 4.79 Å². The number of amides is 2. The Hall–Kier alpha value is -3.89. The van der Waals surface area contributed by atoms with E-state index in [4.69, 9.17) is 35.4 Å². The van der Waals surface area contributed by atoms with Gasteiger partial charge in [-0.25, -0.2) is 4.79 Å². The molecule has 1 saturated heterocycles. The van der Waals surface area contributed by atoms with E-state index in [1.54, 1.807) is 44.9 Å². The third-order valence-electron chi connectivity index (χ3n) is 7.24. The smallest absolute Gasteiger partial charge is 0.431 e. The second kappa shape index (κ2) is 11.2. The Labute approximate surface area is 243 Å². The van der Waals surface area contributed by atoms with Crippen molar-refractivity contribution in [3.63, 3.8) is 0 Å². The minimum absolute atomic E-state index is 0.0214. The van der Waals surface area contributed by atoms with Gasteiger partial charge in [0.25, 0.3) is 5.91 Å². The van der Waals surface area contributed by atoms with Crippen molar-refractivity contribution < 1.29 is 33.4 Å². The second-order valence-electron chi connectivity index (χ2n) is 11.0. The van der Waals surface area contributed by atoms with Gasteiger partial charge in [0.1, 0.15) is 17.4 Å². The van der Waals surface area contributed by atoms with Gasteiger partial charge in [-0.1, -0.05) is 24.3 Å². The molecule has 2 aromatic carbocycles. The highest BCUT2D eigenvalue weighted by Gasteiger charge is 2.45. The summed E-state index contributed by atoms with van der Waals surface area (Å²) >= 11 is 6.46. The van der Waals surface area contributed by atoms with E-state index in [9.17, 15) is 9.59 Å². The van der Waals surface area contributed by atoms with Crippen LogP contribution in [0.1, 0.15) is 54.4 Å². The SMILES string of the molecule is COc1cc2cc(C(=O)N3C[C@@H](CCl)C4C3=CC(ONC(=O)OC(C)(C)C)c3ccccc34)[nH]c2c(OC)c1OC. The number of halogens is 1. The molecule has 2 unspecified atom stereocenters. The average Bonchev–Trinajstić information content (AvgIpc) is 3.55. The minimum Gasteiger partial charge on any atom is -0.493 e. The lowest BCUT2D eigenvalue weighted by Crippen LogP contribution is -2.34. The lowest BCUT2D eigenvalue weighted by Gasteiger charge is -2.31. The summed E-state index contributed by atoms with van der Waals surface area (Å²) in [6, 6.07) is 11.4. The van der Waals surface area contributed by atoms with Gasteiger partial charge in [0, 0.05) is 35.3 Å². The molecule has 3 atom stereocenters. The molecule has 0 saturated carbocycles. The first-order valence-corrected chi connectivity index (χ1v) is 13.8. The van der Waals surface area contributed by atoms with Crippen LogP contribution in [0.25, 0.3) is 10.9 Å². The summed E-state index contributed by atoms with van der Waals surface area (Å²) in [6.07, 6.45) is 0.515. The zero-order valence-electron chi connectivity index (χ0n) is 23.9. The summed E-state index contributed by atoms with van der Waals surface area (Å²) in [4.78, 5) is 37.2. The molecule has 2 N–H and O–H groups in total. The number of carbonyl (C=O) groups excluding carboxylic acids is 2. The number of hydrogen-bond donors (Lipinski definition) is 2. The van der Waals surface area contributed by atoms with E-state index in [1.165, 1.54) is 14.2 Å². The molecule has 1 aliphatic carbocycles. The average molecular weight is 584 g/mol. The summed E-state index contributed by atoms with van der Waals surface area (Å²) < 4.78 is 21.9. The lowest BCUT2D eigenvalue weighted by atomic mass is 9.80. The van der Waals surface area contributed by atoms with Crippen LogP contribution in [0, 0.1) is 5.92 Å². The van der Waals surface area contributed by atoms with Crippen LogP contribution in [-0.4, -0.2) is 61.2 Å². The highest BCUT2D eigenvalue weighted by atomic mass is 35.5. The summed E-state index contributed by atoms with van der Waals surface area (Å²) in [5, 5.41) is 0.734. The number of ether oxygens (including phenoxy) is 4. The molecular formula is C30H34ClN3O7. The number of aromatic amines is 1. The first-order chi connectivity index (χ1) is 19.6. The second-order valence-corrected chi connectivity index (χ2v) is 11.3. The van der Waals surface area contributed by atoms with Gasteiger partial charge in [0.15, 0.2) is 11.5 Å². The van der Waals surface area contributed by atoms with Crippen molar-refractivity contribution in [3.05, 3.63) is 65.0 Å². The number of aromatic nitrogens is 1. The monoisotopic (exact) mass is 583 g/mol. The maximum atomic E-state index is 14.1. The molecule has 11 heteroatoms. The first kappa shape index (κ1) is 28.6. The van der Waals surface area contributed by atoms with E-state index in [1.807, 2.05) is 30.3 Å². The normalized spacial score (nSPS) is 19.7. The van der Waals surface area contributed by atoms with E-state index < -0.39 is 17.8 Å². The number of nitrogens with one attached hydrogen (secondary N) is 2. The molecule has 1 aromatic heterocycles. The topological polar surface area (TPSA) is 111 Å². The quantitative estimate of drug-likeness (QED) is 0.272. The minimum atomic E-state index is -0.702. The van der Waals surface area contributed by atoms with Gasteiger partial charge in [0.05, 0.1) is 26.8 Å². The summed E-state index contributed by atoms with van der Waals surface area (Å²) in [5.41, 5.74) is 5.35. The zero-order chi connectivity index (χ0) is 29.5. The highest BCUT2D eigenvalue weighted by molar-refractivity contribution is 6.18. The molecule has 3 aromatic rings. The van der Waals surface area contributed by atoms with Crippen molar-refractivity contribution in [3.8, 4) is 17.2 Å². The van der Waals surface area contributed by atoms with E-state index in [2.05, 4.69) is 10.5 Å². The highest BCUT2D eigenvalue weighted by Crippen LogP contribution is 2.49. The molecule has 2 amide bonds. The molecule has 5 rings (SSSR count). The first-order valence-electron chi connectivity index (χ1n) is 13.2. The molecule has 0 bridgehead atoms. The van der Waals surface area contributed by atoms with Gasteiger partial charge >= 0.3 is 6.09 Å². The van der Waals surface area contributed by atoms with Crippen LogP contribution in [0.15, 0.2) is 48.2 Å². The van der Waals surface area contributed by atoms with Gasteiger partial charge < -0.3 is 28.8 Å². The maximum absolute atomic E-state index is 14.1. The van der Waals surface area contributed by atoms with Crippen molar-refractivity contribution in [2.75, 3.05) is 33.8 Å². The molecular weight excluding hydrogens is 550 g/mol. The van der Waals surface area contributed by atoms with Crippen molar-refractivity contribution in [1.29, 1.82) is 0 Å². The number of nitrogens with zero attached hydrogens (tertiary/aromatic N) is 1. The number of H-pyrrole nitrogens is 1. The van der Waals surface area contributed by atoms with Crippen LogP contribution in [-0.2, 0) is 9.57 Å². The fourth-order valence-electron chi connectivity index (χ4n) is 5.61. The number of alkyl halides is 1. The summed E-state index contributed by atoms with van der Waals surface area (Å²) in [6.45, 7) is 5.73. The molecule has 0 spiro atoms. The lowest BCUT2D eigenvalue weighted by molar-refractivity contribution is -0.0296.